The molecule has 11 rings (SSSR count). The molecule has 1 aliphatic heterocycles. The lowest BCUT2D eigenvalue weighted by Gasteiger charge is -2.34. The van der Waals surface area contributed by atoms with E-state index >= 15 is 0 Å². The van der Waals surface area contributed by atoms with Gasteiger partial charge in [-0.2, -0.15) is 0 Å². The molecule has 5 heteroatoms. The van der Waals surface area contributed by atoms with E-state index in [0.29, 0.717) is 5.75 Å². The number of hydrogen-bond donors (Lipinski definition) is 1. The van der Waals surface area contributed by atoms with Gasteiger partial charge in [-0.05, 0) is 120 Å². The smallest absolute Gasteiger partial charge is 0.403 e. The molecule has 4 nitrogen and oxygen atoms in total. The molecule has 4 aliphatic rings. The van der Waals surface area contributed by atoms with E-state index in [2.05, 4.69) is 170 Å². The zero-order valence-electron chi connectivity index (χ0n) is 31.3. The summed E-state index contributed by atoms with van der Waals surface area (Å²) in [4.78, 5) is 11.7. The highest BCUT2D eigenvalue weighted by Gasteiger charge is 2.45. The van der Waals surface area contributed by atoms with Crippen LogP contribution in [0, 0.1) is 0 Å². The maximum Gasteiger partial charge on any atom is 0.528 e. The maximum atomic E-state index is 14.3. The van der Waals surface area contributed by atoms with Crippen LogP contribution in [0.25, 0.3) is 72.7 Å². The quantitative estimate of drug-likeness (QED) is 0.182. The molecule has 0 bridgehead atoms. The first kappa shape index (κ1) is 34.2. The zero-order valence-corrected chi connectivity index (χ0v) is 32.2. The lowest BCUT2D eigenvalue weighted by molar-refractivity contribution is 0.167. The second kappa shape index (κ2) is 13.6. The fraction of sp³-hybridized carbons (Fsp3) is 0.115. The van der Waals surface area contributed by atoms with Crippen LogP contribution < -0.4 is 15.0 Å². The Hall–Kier alpha value is -6.03. The van der Waals surface area contributed by atoms with E-state index in [-0.39, 0.29) is 5.92 Å². The van der Waals surface area contributed by atoms with Crippen molar-refractivity contribution in [2.75, 3.05) is 0 Å². The number of benzene rings is 7. The molecule has 57 heavy (non-hydrogen) atoms. The molecule has 0 amide bonds. The van der Waals surface area contributed by atoms with Gasteiger partial charge in [-0.25, -0.2) is 4.57 Å². The van der Waals surface area contributed by atoms with Crippen molar-refractivity contribution in [2.45, 2.75) is 37.7 Å². The highest BCUT2D eigenvalue weighted by molar-refractivity contribution is 7.48. The minimum Gasteiger partial charge on any atom is -0.403 e. The van der Waals surface area contributed by atoms with Crippen molar-refractivity contribution in [3.8, 4) is 39.1 Å². The molecule has 0 spiro atoms. The molecule has 2 unspecified atom stereocenters. The van der Waals surface area contributed by atoms with Crippen molar-refractivity contribution in [3.63, 3.8) is 0 Å². The van der Waals surface area contributed by atoms with Gasteiger partial charge in [0.1, 0.15) is 11.9 Å². The molecule has 7 aromatic carbocycles. The summed E-state index contributed by atoms with van der Waals surface area (Å²) in [7, 11) is -4.61. The molecule has 1 N–H and O–H groups in total. The minimum atomic E-state index is -4.61. The number of allylic oxidation sites excluding steroid dienone is 4. The summed E-state index contributed by atoms with van der Waals surface area (Å²) in [6, 6.07) is 49.0. The van der Waals surface area contributed by atoms with Gasteiger partial charge in [-0.3, -0.25) is 9.42 Å². The molecule has 0 saturated carbocycles. The predicted octanol–water partition coefficient (Wildman–Crippen LogP) is 12.1. The molecule has 0 fully saturated rings. The van der Waals surface area contributed by atoms with Gasteiger partial charge in [0.15, 0.2) is 0 Å². The van der Waals surface area contributed by atoms with E-state index in [0.717, 1.165) is 91.8 Å². The van der Waals surface area contributed by atoms with Crippen LogP contribution in [0.5, 0.6) is 5.75 Å². The third-order valence-corrected chi connectivity index (χ3v) is 13.0. The van der Waals surface area contributed by atoms with Gasteiger partial charge in [0.2, 0.25) is 0 Å². The van der Waals surface area contributed by atoms with Gasteiger partial charge in [0.05, 0.1) is 0 Å². The first-order valence-corrected chi connectivity index (χ1v) is 21.3. The van der Waals surface area contributed by atoms with Crippen LogP contribution in [0.4, 0.5) is 0 Å². The summed E-state index contributed by atoms with van der Waals surface area (Å²) in [5.41, 5.74) is 11.3. The van der Waals surface area contributed by atoms with Gasteiger partial charge >= 0.3 is 7.82 Å². The predicted molar refractivity (Wildman–Crippen MR) is 233 cm³/mol. The van der Waals surface area contributed by atoms with Crippen LogP contribution in [-0.2, 0) is 9.09 Å². The van der Waals surface area contributed by atoms with E-state index < -0.39 is 13.9 Å². The molecule has 276 valence electrons. The van der Waals surface area contributed by atoms with Gasteiger partial charge in [-0.1, -0.05) is 152 Å². The summed E-state index contributed by atoms with van der Waals surface area (Å²) >= 11 is 0. The Balaban J connectivity index is 1.05. The summed E-state index contributed by atoms with van der Waals surface area (Å²) in [6.07, 6.45) is 14.1. The summed E-state index contributed by atoms with van der Waals surface area (Å²) < 4.78 is 27.0. The Bertz CT molecular complexity index is 3060. The second-order valence-corrected chi connectivity index (χ2v) is 16.8. The number of rotatable bonds is 4. The first-order chi connectivity index (χ1) is 28.0. The Labute approximate surface area is 331 Å². The fourth-order valence-electron chi connectivity index (χ4n) is 9.31. The van der Waals surface area contributed by atoms with Gasteiger partial charge in [0.25, 0.3) is 0 Å². The van der Waals surface area contributed by atoms with Crippen molar-refractivity contribution < 1.29 is 18.5 Å². The van der Waals surface area contributed by atoms with Gasteiger partial charge in [0, 0.05) is 22.6 Å². The van der Waals surface area contributed by atoms with Crippen molar-refractivity contribution in [1.82, 2.24) is 0 Å². The summed E-state index contributed by atoms with van der Waals surface area (Å²) in [5.74, 6) is 0.0965. The fourth-order valence-corrected chi connectivity index (χ4v) is 10.3. The zero-order chi connectivity index (χ0) is 38.1. The van der Waals surface area contributed by atoms with Gasteiger partial charge in [-0.15, -0.1) is 0 Å². The summed E-state index contributed by atoms with van der Waals surface area (Å²) in [5, 5.41) is 6.95. The number of hydrogen-bond acceptors (Lipinski definition) is 3. The topological polar surface area (TPSA) is 55.8 Å². The van der Waals surface area contributed by atoms with Crippen LogP contribution >= 0.6 is 7.82 Å². The SMILES string of the molecule is O=P1(O)Oc2c(-c3ccc(-c4ccc5ccccc5c4)cc3)cc3c(c2C2=C4C=CCCC4=CC(c4ccc(-c5ccc6ccccc6c5)cc4)[C@H]2O1)=CCCC=3. The molecule has 3 atom stereocenters. The minimum absolute atomic E-state index is 0.306. The Morgan fingerprint density at radius 2 is 1.21 bits per heavy atom. The highest BCUT2D eigenvalue weighted by Crippen LogP contribution is 2.59. The molecule has 0 aromatic heterocycles. The standard InChI is InChI=1S/C52H39O4P/c53-57(54)55-51-47(37-23-17-35(18-24-37)41-27-21-33-9-1-3-11-39(33)29-41)31-43-13-5-7-15-45(43)49(51)50-46-16-8-6-14-44(46)32-48(52(50)56-57)38-25-19-36(20-26-38)42-28-22-34-10-2-4-12-40(34)30-42/h1-4,7,9-12,14-32,47,51H,5-6,8,13H2,(H,53,54)/t47?,51-/m1/s1. The lowest BCUT2D eigenvalue weighted by Crippen LogP contribution is -2.34. The normalized spacial score (nSPS) is 20.9. The van der Waals surface area contributed by atoms with Crippen molar-refractivity contribution >= 4 is 47.1 Å². The van der Waals surface area contributed by atoms with E-state index in [1.54, 1.807) is 0 Å². The van der Waals surface area contributed by atoms with Crippen LogP contribution in [0.3, 0.4) is 0 Å². The lowest BCUT2D eigenvalue weighted by atomic mass is 9.73. The molecular weight excluding hydrogens is 720 g/mol. The monoisotopic (exact) mass is 758 g/mol. The Morgan fingerprint density at radius 3 is 1.89 bits per heavy atom. The van der Waals surface area contributed by atoms with Crippen LogP contribution in [0.1, 0.15) is 42.7 Å². The second-order valence-electron chi connectivity index (χ2n) is 15.5. The van der Waals surface area contributed by atoms with Crippen molar-refractivity contribution in [2.24, 2.45) is 0 Å². The Morgan fingerprint density at radius 1 is 0.614 bits per heavy atom. The van der Waals surface area contributed by atoms with E-state index in [1.807, 2.05) is 0 Å². The highest BCUT2D eigenvalue weighted by atomic mass is 31.2. The van der Waals surface area contributed by atoms with Crippen molar-refractivity contribution in [1.29, 1.82) is 0 Å². The molecule has 3 aliphatic carbocycles. The Kier molecular flexibility index (Phi) is 8.15. The first-order valence-electron chi connectivity index (χ1n) is 19.8. The maximum absolute atomic E-state index is 14.3. The molecule has 7 aromatic rings. The largest absolute Gasteiger partial charge is 0.528 e. The molecule has 0 radical (unpaired) electrons. The third-order valence-electron chi connectivity index (χ3n) is 12.1. The average molecular weight is 759 g/mol. The van der Waals surface area contributed by atoms with Crippen LogP contribution in [0.2, 0.25) is 0 Å². The molecule has 0 saturated heterocycles. The van der Waals surface area contributed by atoms with E-state index in [9.17, 15) is 9.46 Å². The van der Waals surface area contributed by atoms with Crippen molar-refractivity contribution in [3.05, 3.63) is 190 Å². The molecular formula is C52H39O4P. The van der Waals surface area contributed by atoms with Crippen LogP contribution in [-0.4, -0.2) is 11.0 Å². The number of phosphoric acid groups is 1. The van der Waals surface area contributed by atoms with Crippen LogP contribution in [0.15, 0.2) is 169 Å². The molecule has 1 heterocycles. The average Bonchev–Trinajstić information content (AvgIpc) is 3.39. The third kappa shape index (κ3) is 6.04. The summed E-state index contributed by atoms with van der Waals surface area (Å²) in [6.45, 7) is 0. The number of phosphoric ester groups is 1. The van der Waals surface area contributed by atoms with Gasteiger partial charge < -0.3 is 4.52 Å². The number of fused-ring (bicyclic) bond motifs is 8. The van der Waals surface area contributed by atoms with E-state index in [1.165, 1.54) is 27.1 Å². The van der Waals surface area contributed by atoms with E-state index in [4.69, 9.17) is 9.05 Å².